The van der Waals surface area contributed by atoms with Crippen molar-refractivity contribution in [2.24, 2.45) is 0 Å². The zero-order valence-electron chi connectivity index (χ0n) is 8.17. The summed E-state index contributed by atoms with van der Waals surface area (Å²) in [5.74, 6) is 0.376. The van der Waals surface area contributed by atoms with Crippen molar-refractivity contribution < 1.29 is 14.4 Å². The highest BCUT2D eigenvalue weighted by atomic mass is 16.6. The number of nitrogens with zero attached hydrogens (tertiary/aromatic N) is 2. The van der Waals surface area contributed by atoms with Gasteiger partial charge in [0.15, 0.2) is 11.9 Å². The molecule has 15 heavy (non-hydrogen) atoms. The van der Waals surface area contributed by atoms with Gasteiger partial charge in [-0.3, -0.25) is 0 Å². The van der Waals surface area contributed by atoms with Crippen molar-refractivity contribution in [1.29, 1.82) is 0 Å². The molecule has 1 aliphatic carbocycles. The third kappa shape index (κ3) is 2.15. The fourth-order valence-corrected chi connectivity index (χ4v) is 1.12. The summed E-state index contributed by atoms with van der Waals surface area (Å²) in [6.07, 6.45) is 3.28. The number of pyridine rings is 1. The highest BCUT2D eigenvalue weighted by Crippen LogP contribution is 2.34. The van der Waals surface area contributed by atoms with E-state index in [0.29, 0.717) is 5.75 Å². The molecule has 0 saturated heterocycles. The van der Waals surface area contributed by atoms with Gasteiger partial charge >= 0.3 is 5.82 Å². The number of hydrogen-bond acceptors (Lipinski definition) is 5. The van der Waals surface area contributed by atoms with Crippen LogP contribution in [0.25, 0.3) is 0 Å². The quantitative estimate of drug-likeness (QED) is 0.556. The topological polar surface area (TPSA) is 74.5 Å². The summed E-state index contributed by atoms with van der Waals surface area (Å²) in [7, 11) is 1.48. The molecule has 0 amide bonds. The summed E-state index contributed by atoms with van der Waals surface area (Å²) in [5, 5.41) is 10.6. The van der Waals surface area contributed by atoms with E-state index in [9.17, 15) is 10.1 Å². The molecule has 0 N–H and O–H groups in total. The van der Waals surface area contributed by atoms with Crippen LogP contribution in [-0.2, 0) is 0 Å². The molecule has 2 rings (SSSR count). The van der Waals surface area contributed by atoms with Gasteiger partial charge < -0.3 is 19.6 Å². The van der Waals surface area contributed by atoms with Gasteiger partial charge in [-0.25, -0.2) is 0 Å². The van der Waals surface area contributed by atoms with Gasteiger partial charge in [0, 0.05) is 6.07 Å². The van der Waals surface area contributed by atoms with Gasteiger partial charge in [0.25, 0.3) is 0 Å². The minimum absolute atomic E-state index is 0.0950. The van der Waals surface area contributed by atoms with Crippen LogP contribution in [0.15, 0.2) is 12.3 Å². The highest BCUT2D eigenvalue weighted by molar-refractivity contribution is 5.44. The molecule has 0 bridgehead atoms. The molecular weight excluding hydrogens is 200 g/mol. The number of hydrogen-bond donors (Lipinski definition) is 0. The van der Waals surface area contributed by atoms with E-state index in [2.05, 4.69) is 4.98 Å². The second-order valence-corrected chi connectivity index (χ2v) is 3.27. The highest BCUT2D eigenvalue weighted by Gasteiger charge is 2.28. The minimum Gasteiger partial charge on any atom is -0.493 e. The van der Waals surface area contributed by atoms with Crippen LogP contribution in [0.3, 0.4) is 0 Å². The molecule has 0 radical (unpaired) electrons. The Kier molecular flexibility index (Phi) is 2.40. The maximum Gasteiger partial charge on any atom is 0.406 e. The zero-order chi connectivity index (χ0) is 10.8. The average Bonchev–Trinajstić information content (AvgIpc) is 3.01. The Morgan fingerprint density at radius 3 is 2.87 bits per heavy atom. The van der Waals surface area contributed by atoms with Crippen LogP contribution < -0.4 is 9.47 Å². The summed E-state index contributed by atoms with van der Waals surface area (Å²) in [5.41, 5.74) is 0. The number of ether oxygens (including phenoxy) is 2. The number of aromatic nitrogens is 1. The lowest BCUT2D eigenvalue weighted by Crippen LogP contribution is -2.02. The van der Waals surface area contributed by atoms with Crippen molar-refractivity contribution in [3.8, 4) is 11.5 Å². The summed E-state index contributed by atoms with van der Waals surface area (Å²) in [6.45, 7) is 0. The molecule has 1 aromatic heterocycles. The maximum absolute atomic E-state index is 10.6. The summed E-state index contributed by atoms with van der Waals surface area (Å²) in [6, 6.07) is 1.49. The largest absolute Gasteiger partial charge is 0.493 e. The van der Waals surface area contributed by atoms with Crippen molar-refractivity contribution >= 4 is 5.82 Å². The van der Waals surface area contributed by atoms with Crippen LogP contribution in [0.2, 0.25) is 0 Å². The predicted octanol–water partition coefficient (Wildman–Crippen LogP) is 1.54. The second kappa shape index (κ2) is 3.72. The van der Waals surface area contributed by atoms with Gasteiger partial charge in [-0.1, -0.05) is 0 Å². The Morgan fingerprint density at radius 2 is 2.33 bits per heavy atom. The van der Waals surface area contributed by atoms with Gasteiger partial charge in [-0.05, 0) is 22.7 Å². The fraction of sp³-hybridized carbons (Fsp3) is 0.444. The Morgan fingerprint density at radius 1 is 1.60 bits per heavy atom. The van der Waals surface area contributed by atoms with Crippen LogP contribution in [0.1, 0.15) is 12.8 Å². The Balaban J connectivity index is 2.30. The van der Waals surface area contributed by atoms with Crippen LogP contribution in [-0.4, -0.2) is 23.1 Å². The van der Waals surface area contributed by atoms with Gasteiger partial charge in [0.1, 0.15) is 0 Å². The number of methoxy groups -OCH3 is 1. The molecule has 0 unspecified atom stereocenters. The third-order valence-electron chi connectivity index (χ3n) is 2.03. The molecule has 1 aliphatic rings. The maximum atomic E-state index is 10.6. The van der Waals surface area contributed by atoms with Crippen LogP contribution in [0.5, 0.6) is 11.5 Å². The first-order valence-electron chi connectivity index (χ1n) is 4.56. The van der Waals surface area contributed by atoms with E-state index >= 15 is 0 Å². The SMILES string of the molecule is COc1cnc([N+](=O)[O-])c(OC2CC2)c1. The monoisotopic (exact) mass is 210 g/mol. The predicted molar refractivity (Wildman–Crippen MR) is 51.1 cm³/mol. The first-order valence-corrected chi connectivity index (χ1v) is 4.56. The number of rotatable bonds is 4. The first-order chi connectivity index (χ1) is 7.20. The molecule has 0 aromatic carbocycles. The Hall–Kier alpha value is -1.85. The Labute approximate surface area is 86.0 Å². The van der Waals surface area contributed by atoms with Crippen molar-refractivity contribution in [3.05, 3.63) is 22.4 Å². The van der Waals surface area contributed by atoms with E-state index in [1.807, 2.05) is 0 Å². The van der Waals surface area contributed by atoms with E-state index in [0.717, 1.165) is 12.8 Å². The van der Waals surface area contributed by atoms with Crippen molar-refractivity contribution in [1.82, 2.24) is 4.98 Å². The molecule has 0 aliphatic heterocycles. The van der Waals surface area contributed by atoms with Crippen molar-refractivity contribution in [2.75, 3.05) is 7.11 Å². The number of nitro groups is 1. The van der Waals surface area contributed by atoms with Crippen LogP contribution >= 0.6 is 0 Å². The van der Waals surface area contributed by atoms with Gasteiger partial charge in [-0.2, -0.15) is 0 Å². The molecule has 0 spiro atoms. The summed E-state index contributed by atoms with van der Waals surface area (Å²) < 4.78 is 10.3. The van der Waals surface area contributed by atoms with Crippen molar-refractivity contribution in [2.45, 2.75) is 18.9 Å². The van der Waals surface area contributed by atoms with Gasteiger partial charge in [0.2, 0.25) is 5.75 Å². The lowest BCUT2D eigenvalue weighted by Gasteiger charge is -2.05. The molecule has 1 heterocycles. The second-order valence-electron chi connectivity index (χ2n) is 3.27. The molecule has 1 aromatic rings. The fourth-order valence-electron chi connectivity index (χ4n) is 1.12. The van der Waals surface area contributed by atoms with Crippen LogP contribution in [0, 0.1) is 10.1 Å². The third-order valence-corrected chi connectivity index (χ3v) is 2.03. The van der Waals surface area contributed by atoms with Gasteiger partial charge in [-0.15, -0.1) is 0 Å². The molecule has 0 atom stereocenters. The lowest BCUT2D eigenvalue weighted by molar-refractivity contribution is -0.390. The van der Waals surface area contributed by atoms with Crippen molar-refractivity contribution in [3.63, 3.8) is 0 Å². The zero-order valence-corrected chi connectivity index (χ0v) is 8.17. The molecule has 80 valence electrons. The van der Waals surface area contributed by atoms with E-state index in [4.69, 9.17) is 9.47 Å². The average molecular weight is 210 g/mol. The standard InChI is InChI=1S/C9H10N2O4/c1-14-7-4-8(15-6-2-3-6)9(10-5-7)11(12)13/h4-6H,2-3H2,1H3. The van der Waals surface area contributed by atoms with E-state index < -0.39 is 4.92 Å². The van der Waals surface area contributed by atoms with Crippen LogP contribution in [0.4, 0.5) is 5.82 Å². The molecule has 6 heteroatoms. The van der Waals surface area contributed by atoms with E-state index in [1.165, 1.54) is 19.4 Å². The molecular formula is C9H10N2O4. The smallest absolute Gasteiger partial charge is 0.406 e. The Bertz CT molecular complexity index is 390. The normalized spacial score (nSPS) is 14.7. The molecule has 1 saturated carbocycles. The summed E-state index contributed by atoms with van der Waals surface area (Å²) >= 11 is 0. The molecule has 6 nitrogen and oxygen atoms in total. The minimum atomic E-state index is -0.558. The van der Waals surface area contributed by atoms with E-state index in [1.54, 1.807) is 0 Å². The molecule has 1 fully saturated rings. The van der Waals surface area contributed by atoms with E-state index in [-0.39, 0.29) is 17.7 Å². The summed E-state index contributed by atoms with van der Waals surface area (Å²) in [4.78, 5) is 13.8. The van der Waals surface area contributed by atoms with Gasteiger partial charge in [0.05, 0.1) is 13.2 Å². The first kappa shape index (κ1) is 9.70. The lowest BCUT2D eigenvalue weighted by atomic mass is 10.4.